The van der Waals surface area contributed by atoms with Gasteiger partial charge in [-0.2, -0.15) is 17.2 Å². The van der Waals surface area contributed by atoms with Crippen molar-refractivity contribution in [3.05, 3.63) is 93.6 Å². The van der Waals surface area contributed by atoms with Crippen LogP contribution in [0.4, 0.5) is 0 Å². The molecule has 254 valence electrons. The van der Waals surface area contributed by atoms with Crippen molar-refractivity contribution >= 4 is 14.4 Å². The molecule has 0 saturated carbocycles. The topological polar surface area (TPSA) is 0 Å². The Kier molecular flexibility index (Phi) is 12.6. The first-order chi connectivity index (χ1) is 20.3. The monoisotopic (exact) mass is 746 g/mol. The fourth-order valence-electron chi connectivity index (χ4n) is 7.00. The summed E-state index contributed by atoms with van der Waals surface area (Å²) < 4.78 is 1.51. The summed E-state index contributed by atoms with van der Waals surface area (Å²) in [5.41, 5.74) is 16.6. The molecule has 0 amide bonds. The van der Waals surface area contributed by atoms with Crippen LogP contribution in [0.2, 0.25) is 0 Å². The van der Waals surface area contributed by atoms with Crippen LogP contribution in [0.15, 0.2) is 48.1 Å². The van der Waals surface area contributed by atoms with Gasteiger partial charge < -0.3 is 24.8 Å². The van der Waals surface area contributed by atoms with E-state index in [0.29, 0.717) is 11.3 Å². The molecule has 47 heavy (non-hydrogen) atoms. The first-order valence-electron chi connectivity index (χ1n) is 16.9. The molecule has 0 radical (unpaired) electrons. The second kappa shape index (κ2) is 14.2. The molecule has 0 N–H and O–H groups in total. The number of allylic oxidation sites excluding steroid dienone is 8. The zero-order valence-corrected chi connectivity index (χ0v) is 36.1. The van der Waals surface area contributed by atoms with E-state index in [4.69, 9.17) is 0 Å². The number of rotatable bonds is 0. The van der Waals surface area contributed by atoms with E-state index in [0.717, 1.165) is 6.42 Å². The zero-order chi connectivity index (χ0) is 34.1. The Hall–Kier alpha value is -1.27. The van der Waals surface area contributed by atoms with Gasteiger partial charge in [0.15, 0.2) is 0 Å². The third-order valence-corrected chi connectivity index (χ3v) is 9.38. The van der Waals surface area contributed by atoms with Crippen molar-refractivity contribution in [2.75, 3.05) is 0 Å². The van der Waals surface area contributed by atoms with E-state index in [1.165, 1.54) is 64.4 Å². The maximum atomic E-state index is 3.85. The predicted octanol–water partition coefficient (Wildman–Crippen LogP) is 6.22. The minimum absolute atomic E-state index is 0. The quantitative estimate of drug-likeness (QED) is 0.240. The van der Waals surface area contributed by atoms with Crippen LogP contribution in [0.5, 0.6) is 0 Å². The SMILES string of the molecule is CC(C)(C)C1=[C-]C(C)(C)c2cc3c(cc21)-c1cc2c(cc1C3)C(C)(C)C=C2C(C)(C)C.CC1[C-]=CC(C(C)(C)C)=C1.C[C](C)=[Zr+2].[Cl-].[Cl-]. The molecule has 1 unspecified atom stereocenters. The van der Waals surface area contributed by atoms with E-state index >= 15 is 0 Å². The molecule has 2 aromatic carbocycles. The summed E-state index contributed by atoms with van der Waals surface area (Å²) in [5, 5.41) is 0. The van der Waals surface area contributed by atoms with Gasteiger partial charge in [-0.15, -0.1) is 11.6 Å². The van der Waals surface area contributed by atoms with Gasteiger partial charge in [-0.25, -0.2) is 11.6 Å². The molecule has 0 aromatic heterocycles. The van der Waals surface area contributed by atoms with Crippen LogP contribution in [0.3, 0.4) is 0 Å². The van der Waals surface area contributed by atoms with E-state index in [-0.39, 0.29) is 46.5 Å². The van der Waals surface area contributed by atoms with Gasteiger partial charge in [-0.1, -0.05) is 132 Å². The van der Waals surface area contributed by atoms with Gasteiger partial charge in [0.1, 0.15) is 0 Å². The normalized spacial score (nSPS) is 19.2. The second-order valence-electron chi connectivity index (χ2n) is 18.2. The number of benzene rings is 2. The van der Waals surface area contributed by atoms with E-state index in [1.54, 1.807) is 24.2 Å². The van der Waals surface area contributed by atoms with Gasteiger partial charge in [0, 0.05) is 5.41 Å². The summed E-state index contributed by atoms with van der Waals surface area (Å²) in [6.45, 7) is 36.4. The molecule has 0 nitrogen and oxygen atoms in total. The molecule has 0 aliphatic heterocycles. The van der Waals surface area contributed by atoms with E-state index in [2.05, 4.69) is 165 Å². The Morgan fingerprint density at radius 2 is 1.21 bits per heavy atom. The van der Waals surface area contributed by atoms with E-state index in [1.807, 2.05) is 0 Å². The molecule has 0 bridgehead atoms. The van der Waals surface area contributed by atoms with Crippen molar-refractivity contribution in [2.24, 2.45) is 22.2 Å². The molecule has 4 aliphatic rings. The summed E-state index contributed by atoms with van der Waals surface area (Å²) >= 11 is 1.55. The molecule has 0 heterocycles. The van der Waals surface area contributed by atoms with Crippen molar-refractivity contribution in [1.82, 2.24) is 0 Å². The zero-order valence-electron chi connectivity index (χ0n) is 32.1. The third-order valence-electron chi connectivity index (χ3n) is 9.38. The smallest absolute Gasteiger partial charge is 1.00 e. The van der Waals surface area contributed by atoms with Gasteiger partial charge in [0.2, 0.25) is 0 Å². The molecule has 1 atom stereocenters. The van der Waals surface area contributed by atoms with Crippen LogP contribution in [-0.2, 0) is 41.5 Å². The number of halogens is 2. The molecule has 2 aromatic rings. The predicted molar refractivity (Wildman–Crippen MR) is 195 cm³/mol. The summed E-state index contributed by atoms with van der Waals surface area (Å²) in [7, 11) is 0. The van der Waals surface area contributed by atoms with E-state index in [9.17, 15) is 0 Å². The Balaban J connectivity index is 0.000000404. The van der Waals surface area contributed by atoms with Gasteiger partial charge in [-0.3, -0.25) is 12.2 Å². The third kappa shape index (κ3) is 8.91. The van der Waals surface area contributed by atoms with Crippen LogP contribution >= 0.6 is 0 Å². The summed E-state index contributed by atoms with van der Waals surface area (Å²) in [5.74, 6) is 0.522. The van der Waals surface area contributed by atoms with Crippen molar-refractivity contribution in [3.8, 4) is 11.1 Å². The Morgan fingerprint density at radius 3 is 1.62 bits per heavy atom. The molecule has 0 saturated heterocycles. The average molecular weight is 749 g/mol. The van der Waals surface area contributed by atoms with Crippen LogP contribution < -0.4 is 24.8 Å². The first kappa shape index (κ1) is 41.9. The number of hydrogen-bond donors (Lipinski definition) is 0. The molecular formula is C44H58Cl2Zr-2. The summed E-state index contributed by atoms with van der Waals surface area (Å²) in [4.78, 5) is 0. The van der Waals surface area contributed by atoms with Gasteiger partial charge in [0.25, 0.3) is 0 Å². The largest absolute Gasteiger partial charge is 1.00 e. The fraction of sp³-hybridized carbons (Fsp3) is 0.523. The number of hydrogen-bond acceptors (Lipinski definition) is 0. The van der Waals surface area contributed by atoms with Crippen LogP contribution in [-0.4, -0.2) is 3.21 Å². The second-order valence-corrected chi connectivity index (χ2v) is 20.6. The summed E-state index contributed by atoms with van der Waals surface area (Å²) in [6.07, 6.45) is 15.1. The van der Waals surface area contributed by atoms with Gasteiger partial charge in [0.05, 0.1) is 0 Å². The Morgan fingerprint density at radius 1 is 0.723 bits per heavy atom. The van der Waals surface area contributed by atoms with Crippen molar-refractivity contribution in [1.29, 1.82) is 0 Å². The molecule has 4 aliphatic carbocycles. The summed E-state index contributed by atoms with van der Waals surface area (Å²) in [6, 6.07) is 10.0. The van der Waals surface area contributed by atoms with Crippen LogP contribution in [0, 0.1) is 34.3 Å². The molecular weight excluding hydrogens is 691 g/mol. The minimum Gasteiger partial charge on any atom is -1.00 e. The minimum atomic E-state index is -0.0202. The molecule has 0 spiro atoms. The van der Waals surface area contributed by atoms with Crippen LogP contribution in [0.1, 0.15) is 144 Å². The molecule has 3 heteroatoms. The first-order valence-corrected chi connectivity index (χ1v) is 18.1. The standard InChI is InChI=1S/C31H37.C10H15.C3H6.2ClH.Zr/c1-28(2,3)26-16-30(7,8)24-12-18-11-19-13-25-23(15-21(19)20(18)14-22(24)26)27(29(4,5)6)17-31(25,9)10;1-8-5-6-9(7-8)10(2,3)4;1-3-2;;;/h12-16H,11H2,1-10H3;6-8H,1-4H3;1-2H3;2*1H;/q2*-1;;;;+2/p-2. The van der Waals surface area contributed by atoms with E-state index < -0.39 is 0 Å². The number of fused-ring (bicyclic) bond motifs is 5. The van der Waals surface area contributed by atoms with Crippen molar-refractivity contribution in [2.45, 2.75) is 128 Å². The molecule has 0 fully saturated rings. The maximum Gasteiger partial charge on any atom is -1.00 e. The van der Waals surface area contributed by atoms with Crippen molar-refractivity contribution in [3.63, 3.8) is 0 Å². The molecule has 6 rings (SSSR count). The van der Waals surface area contributed by atoms with Crippen molar-refractivity contribution < 1.29 is 49.0 Å². The van der Waals surface area contributed by atoms with Crippen LogP contribution in [0.25, 0.3) is 22.3 Å². The average Bonchev–Trinajstić information content (AvgIpc) is 3.58. The Bertz CT molecular complexity index is 1550. The Labute approximate surface area is 316 Å². The fourth-order valence-corrected chi connectivity index (χ4v) is 7.00. The van der Waals surface area contributed by atoms with Gasteiger partial charge >= 0.3 is 41.3 Å². The van der Waals surface area contributed by atoms with Gasteiger partial charge in [-0.05, 0) is 62.3 Å². The maximum absolute atomic E-state index is 3.85.